The Morgan fingerprint density at radius 3 is 2.76 bits per heavy atom. The van der Waals surface area contributed by atoms with Crippen molar-refractivity contribution in [3.05, 3.63) is 28.2 Å². The second-order valence-corrected chi connectivity index (χ2v) is 5.67. The first kappa shape index (κ1) is 12.4. The number of benzene rings is 1. The van der Waals surface area contributed by atoms with Gasteiger partial charge in [0, 0.05) is 16.2 Å². The molecule has 0 amide bonds. The van der Waals surface area contributed by atoms with Crippen molar-refractivity contribution >= 4 is 21.6 Å². The quantitative estimate of drug-likeness (QED) is 0.882. The number of hydrogen-bond donors (Lipinski definition) is 1. The molecule has 1 aliphatic rings. The lowest BCUT2D eigenvalue weighted by molar-refractivity contribution is 0.349. The predicted octanol–water partition coefficient (Wildman–Crippen LogP) is 4.31. The Labute approximate surface area is 111 Å². The third kappa shape index (κ3) is 3.01. The van der Waals surface area contributed by atoms with Crippen LogP contribution < -0.4 is 5.32 Å². The number of nitrogens with zero attached hydrogens (tertiary/aromatic N) is 1. The molecular weight excluding hydrogens is 276 g/mol. The Morgan fingerprint density at radius 1 is 1.35 bits per heavy atom. The van der Waals surface area contributed by atoms with Crippen molar-refractivity contribution in [3.63, 3.8) is 0 Å². The van der Waals surface area contributed by atoms with Crippen LogP contribution in [-0.2, 0) is 0 Å². The maximum Gasteiger partial charge on any atom is 0.100 e. The zero-order chi connectivity index (χ0) is 12.3. The molecule has 1 aliphatic carbocycles. The third-order valence-corrected chi connectivity index (χ3v) is 4.21. The van der Waals surface area contributed by atoms with Crippen LogP contribution in [0.1, 0.15) is 38.2 Å². The van der Waals surface area contributed by atoms with E-state index in [1.54, 1.807) is 0 Å². The molecule has 0 aliphatic heterocycles. The monoisotopic (exact) mass is 292 g/mol. The Hall–Kier alpha value is -1.01. The molecule has 0 heterocycles. The highest BCUT2D eigenvalue weighted by Crippen LogP contribution is 2.28. The van der Waals surface area contributed by atoms with Crippen molar-refractivity contribution in [2.24, 2.45) is 5.92 Å². The minimum Gasteiger partial charge on any atom is -0.382 e. The summed E-state index contributed by atoms with van der Waals surface area (Å²) in [5.41, 5.74) is 1.79. The number of nitrogens with one attached hydrogen (secondary N) is 1. The van der Waals surface area contributed by atoms with E-state index in [4.69, 9.17) is 5.26 Å². The van der Waals surface area contributed by atoms with Gasteiger partial charge in [-0.2, -0.15) is 5.26 Å². The normalized spacial score (nSPS) is 24.1. The highest BCUT2D eigenvalue weighted by molar-refractivity contribution is 9.10. The van der Waals surface area contributed by atoms with E-state index in [1.807, 2.05) is 18.2 Å². The molecule has 1 saturated carbocycles. The standard InChI is InChI=1S/C14H17BrN2/c1-10-4-2-3-5-14(10)17-12-7-6-11(9-16)13(15)8-12/h6-8,10,14,17H,2-5H2,1H3. The fourth-order valence-electron chi connectivity index (χ4n) is 2.44. The van der Waals surface area contributed by atoms with Gasteiger partial charge < -0.3 is 5.32 Å². The van der Waals surface area contributed by atoms with E-state index in [2.05, 4.69) is 34.2 Å². The van der Waals surface area contributed by atoms with Gasteiger partial charge in [-0.25, -0.2) is 0 Å². The number of nitriles is 1. The van der Waals surface area contributed by atoms with Gasteiger partial charge in [-0.05, 0) is 52.9 Å². The van der Waals surface area contributed by atoms with Gasteiger partial charge in [0.2, 0.25) is 0 Å². The molecule has 1 fully saturated rings. The van der Waals surface area contributed by atoms with E-state index in [1.165, 1.54) is 25.7 Å². The summed E-state index contributed by atoms with van der Waals surface area (Å²) in [5.74, 6) is 0.734. The fourth-order valence-corrected chi connectivity index (χ4v) is 2.91. The lowest BCUT2D eigenvalue weighted by Gasteiger charge is -2.30. The lowest BCUT2D eigenvalue weighted by Crippen LogP contribution is -2.30. The maximum atomic E-state index is 8.87. The molecule has 2 rings (SSSR count). The van der Waals surface area contributed by atoms with Crippen molar-refractivity contribution < 1.29 is 0 Å². The maximum absolute atomic E-state index is 8.87. The van der Waals surface area contributed by atoms with Gasteiger partial charge in [-0.3, -0.25) is 0 Å². The van der Waals surface area contributed by atoms with Gasteiger partial charge in [0.25, 0.3) is 0 Å². The van der Waals surface area contributed by atoms with Gasteiger partial charge in [0.05, 0.1) is 5.56 Å². The first-order valence-electron chi connectivity index (χ1n) is 6.17. The third-order valence-electron chi connectivity index (χ3n) is 3.55. The van der Waals surface area contributed by atoms with Crippen molar-refractivity contribution in [1.29, 1.82) is 5.26 Å². The zero-order valence-corrected chi connectivity index (χ0v) is 11.6. The van der Waals surface area contributed by atoms with E-state index in [9.17, 15) is 0 Å². The first-order chi connectivity index (χ1) is 8.20. The summed E-state index contributed by atoms with van der Waals surface area (Å²) in [4.78, 5) is 0. The van der Waals surface area contributed by atoms with E-state index < -0.39 is 0 Å². The van der Waals surface area contributed by atoms with Crippen LogP contribution >= 0.6 is 15.9 Å². The van der Waals surface area contributed by atoms with E-state index in [0.29, 0.717) is 11.6 Å². The molecule has 1 aromatic carbocycles. The van der Waals surface area contributed by atoms with Crippen LogP contribution in [0, 0.1) is 17.2 Å². The minimum absolute atomic E-state index is 0.573. The molecule has 0 spiro atoms. The van der Waals surface area contributed by atoms with Gasteiger partial charge in [-0.15, -0.1) is 0 Å². The van der Waals surface area contributed by atoms with Crippen LogP contribution in [-0.4, -0.2) is 6.04 Å². The largest absolute Gasteiger partial charge is 0.382 e. The molecule has 2 atom stereocenters. The molecule has 0 aromatic heterocycles. The number of anilines is 1. The van der Waals surface area contributed by atoms with Crippen LogP contribution in [0.15, 0.2) is 22.7 Å². The first-order valence-corrected chi connectivity index (χ1v) is 6.96. The smallest absolute Gasteiger partial charge is 0.100 e. The van der Waals surface area contributed by atoms with Crippen LogP contribution in [0.25, 0.3) is 0 Å². The van der Waals surface area contributed by atoms with Crippen LogP contribution in [0.2, 0.25) is 0 Å². The zero-order valence-electron chi connectivity index (χ0n) is 10.0. The second kappa shape index (κ2) is 5.55. The van der Waals surface area contributed by atoms with Gasteiger partial charge in [0.15, 0.2) is 0 Å². The lowest BCUT2D eigenvalue weighted by atomic mass is 9.86. The van der Waals surface area contributed by atoms with Crippen molar-refractivity contribution in [1.82, 2.24) is 0 Å². The summed E-state index contributed by atoms with van der Waals surface area (Å²) in [5, 5.41) is 12.5. The Morgan fingerprint density at radius 2 is 2.12 bits per heavy atom. The van der Waals surface area contributed by atoms with Crippen molar-refractivity contribution in [3.8, 4) is 6.07 Å². The van der Waals surface area contributed by atoms with E-state index in [-0.39, 0.29) is 0 Å². The predicted molar refractivity (Wildman–Crippen MR) is 73.9 cm³/mol. The highest BCUT2D eigenvalue weighted by atomic mass is 79.9. The molecule has 0 bridgehead atoms. The average Bonchev–Trinajstić information content (AvgIpc) is 2.32. The summed E-state index contributed by atoms with van der Waals surface area (Å²) in [6, 6.07) is 8.58. The Bertz CT molecular complexity index is 436. The van der Waals surface area contributed by atoms with Crippen molar-refractivity contribution in [2.75, 3.05) is 5.32 Å². The molecular formula is C14H17BrN2. The highest BCUT2D eigenvalue weighted by Gasteiger charge is 2.20. The number of halogens is 1. The molecule has 0 saturated heterocycles. The van der Waals surface area contributed by atoms with Crippen molar-refractivity contribution in [2.45, 2.75) is 38.6 Å². The fraction of sp³-hybridized carbons (Fsp3) is 0.500. The summed E-state index contributed by atoms with van der Waals surface area (Å²) < 4.78 is 0.869. The van der Waals surface area contributed by atoms with E-state index >= 15 is 0 Å². The van der Waals surface area contributed by atoms with Gasteiger partial charge in [-0.1, -0.05) is 19.8 Å². The van der Waals surface area contributed by atoms with Crippen LogP contribution in [0.4, 0.5) is 5.69 Å². The van der Waals surface area contributed by atoms with Crippen LogP contribution in [0.5, 0.6) is 0 Å². The van der Waals surface area contributed by atoms with Crippen LogP contribution in [0.3, 0.4) is 0 Å². The SMILES string of the molecule is CC1CCCCC1Nc1ccc(C#N)c(Br)c1. The molecule has 2 unspecified atom stereocenters. The Kier molecular flexibility index (Phi) is 4.06. The summed E-state index contributed by atoms with van der Waals surface area (Å²) >= 11 is 3.42. The Balaban J connectivity index is 2.08. The molecule has 90 valence electrons. The van der Waals surface area contributed by atoms with Gasteiger partial charge in [0.1, 0.15) is 6.07 Å². The number of hydrogen-bond acceptors (Lipinski definition) is 2. The number of rotatable bonds is 2. The molecule has 17 heavy (non-hydrogen) atoms. The molecule has 0 radical (unpaired) electrons. The second-order valence-electron chi connectivity index (χ2n) is 4.82. The molecule has 1 aromatic rings. The molecule has 1 N–H and O–H groups in total. The summed E-state index contributed by atoms with van der Waals surface area (Å²) in [6.45, 7) is 2.31. The average molecular weight is 293 g/mol. The topological polar surface area (TPSA) is 35.8 Å². The minimum atomic E-state index is 0.573. The summed E-state index contributed by atoms with van der Waals surface area (Å²) in [6.07, 6.45) is 5.24. The van der Waals surface area contributed by atoms with E-state index in [0.717, 1.165) is 16.1 Å². The molecule has 2 nitrogen and oxygen atoms in total. The van der Waals surface area contributed by atoms with Gasteiger partial charge >= 0.3 is 0 Å². The summed E-state index contributed by atoms with van der Waals surface area (Å²) in [7, 11) is 0. The molecule has 3 heteroatoms.